The average molecular weight is 286 g/mol. The van der Waals surface area contributed by atoms with Crippen LogP contribution in [0.1, 0.15) is 19.0 Å². The van der Waals surface area contributed by atoms with Gasteiger partial charge in [0.15, 0.2) is 17.5 Å². The molecule has 0 unspecified atom stereocenters. The summed E-state index contributed by atoms with van der Waals surface area (Å²) in [6, 6.07) is 1.78. The number of rotatable bonds is 4. The van der Waals surface area contributed by atoms with E-state index in [4.69, 9.17) is 11.6 Å². The number of hydrogen-bond donors (Lipinski definition) is 1. The lowest BCUT2D eigenvalue weighted by molar-refractivity contribution is 0.605. The van der Waals surface area contributed by atoms with Crippen LogP contribution in [0.15, 0.2) is 11.4 Å². The maximum Gasteiger partial charge on any atom is 0.186 e. The summed E-state index contributed by atoms with van der Waals surface area (Å²) < 4.78 is 13.8. The van der Waals surface area contributed by atoms with Gasteiger partial charge in [0.1, 0.15) is 0 Å². The molecule has 0 aliphatic rings. The molecular formula is C12H13ClFN3S. The molecule has 0 atom stereocenters. The lowest BCUT2D eigenvalue weighted by Crippen LogP contribution is -2.07. The first-order valence-corrected chi connectivity index (χ1v) is 6.90. The van der Waals surface area contributed by atoms with Crippen molar-refractivity contribution in [3.8, 4) is 10.7 Å². The quantitative estimate of drug-likeness (QED) is 0.918. The summed E-state index contributed by atoms with van der Waals surface area (Å²) in [5, 5.41) is 5.41. The Morgan fingerprint density at radius 2 is 2.22 bits per heavy atom. The van der Waals surface area contributed by atoms with E-state index in [0.29, 0.717) is 23.1 Å². The Morgan fingerprint density at radius 3 is 2.83 bits per heavy atom. The molecule has 96 valence electrons. The Labute approximate surface area is 114 Å². The van der Waals surface area contributed by atoms with Crippen molar-refractivity contribution in [2.75, 3.05) is 11.9 Å². The van der Waals surface area contributed by atoms with Crippen molar-refractivity contribution in [3.05, 3.63) is 28.0 Å². The van der Waals surface area contributed by atoms with Crippen LogP contribution in [-0.4, -0.2) is 16.5 Å². The van der Waals surface area contributed by atoms with Crippen LogP contribution >= 0.6 is 22.9 Å². The zero-order valence-electron chi connectivity index (χ0n) is 10.1. The standard InChI is InChI=1S/C12H13ClFN3S/c1-3-4-15-12-10(14)7(2)16-11(17-12)9-5-8(13)6-18-9/h5-6H,3-4H2,1-2H3,(H,15,16,17). The zero-order valence-corrected chi connectivity index (χ0v) is 11.7. The van der Waals surface area contributed by atoms with Crippen LogP contribution in [0.2, 0.25) is 5.02 Å². The highest BCUT2D eigenvalue weighted by Crippen LogP contribution is 2.29. The van der Waals surface area contributed by atoms with Crippen molar-refractivity contribution in [3.63, 3.8) is 0 Å². The number of nitrogens with zero attached hydrogens (tertiary/aromatic N) is 2. The number of hydrogen-bond acceptors (Lipinski definition) is 4. The molecule has 0 fully saturated rings. The molecule has 18 heavy (non-hydrogen) atoms. The lowest BCUT2D eigenvalue weighted by atomic mass is 10.3. The molecule has 1 N–H and O–H groups in total. The summed E-state index contributed by atoms with van der Waals surface area (Å²) in [4.78, 5) is 9.20. The zero-order chi connectivity index (χ0) is 13.1. The molecule has 0 amide bonds. The SMILES string of the molecule is CCCNc1nc(-c2cc(Cl)cs2)nc(C)c1F. The maximum absolute atomic E-state index is 13.8. The Kier molecular flexibility index (Phi) is 4.14. The molecule has 2 aromatic heterocycles. The summed E-state index contributed by atoms with van der Waals surface area (Å²) >= 11 is 7.31. The van der Waals surface area contributed by atoms with Crippen LogP contribution < -0.4 is 5.32 Å². The smallest absolute Gasteiger partial charge is 0.186 e. The summed E-state index contributed by atoms with van der Waals surface area (Å²) in [6.07, 6.45) is 0.905. The summed E-state index contributed by atoms with van der Waals surface area (Å²) in [6.45, 7) is 4.32. The normalized spacial score (nSPS) is 10.7. The molecule has 0 aromatic carbocycles. The molecule has 0 aliphatic heterocycles. The predicted octanol–water partition coefficient (Wildman–Crippen LogP) is 4.13. The second kappa shape index (κ2) is 5.63. The fourth-order valence-electron chi connectivity index (χ4n) is 1.46. The molecule has 2 rings (SSSR count). The molecule has 2 heterocycles. The van der Waals surface area contributed by atoms with Crippen molar-refractivity contribution in [2.45, 2.75) is 20.3 Å². The minimum Gasteiger partial charge on any atom is -0.368 e. The largest absolute Gasteiger partial charge is 0.368 e. The van der Waals surface area contributed by atoms with Crippen LogP contribution in [0.25, 0.3) is 10.7 Å². The average Bonchev–Trinajstić information content (AvgIpc) is 2.77. The minimum absolute atomic E-state index is 0.254. The van der Waals surface area contributed by atoms with Crippen molar-refractivity contribution in [1.29, 1.82) is 0 Å². The van der Waals surface area contributed by atoms with Crippen molar-refractivity contribution in [1.82, 2.24) is 9.97 Å². The molecular weight excluding hydrogens is 273 g/mol. The van der Waals surface area contributed by atoms with Gasteiger partial charge in [-0.25, -0.2) is 14.4 Å². The highest BCUT2D eigenvalue weighted by Gasteiger charge is 2.13. The molecule has 0 bridgehead atoms. The molecule has 6 heteroatoms. The van der Waals surface area contributed by atoms with Gasteiger partial charge in [-0.15, -0.1) is 11.3 Å². The second-order valence-corrected chi connectivity index (χ2v) is 5.20. The molecule has 0 radical (unpaired) electrons. The number of aryl methyl sites for hydroxylation is 1. The molecule has 0 saturated heterocycles. The molecule has 0 aliphatic carbocycles. The van der Waals surface area contributed by atoms with E-state index in [-0.39, 0.29) is 5.82 Å². The number of anilines is 1. The predicted molar refractivity (Wildman–Crippen MR) is 73.8 cm³/mol. The van der Waals surface area contributed by atoms with E-state index in [0.717, 1.165) is 11.3 Å². The molecule has 3 nitrogen and oxygen atoms in total. The van der Waals surface area contributed by atoms with E-state index in [2.05, 4.69) is 15.3 Å². The first-order valence-electron chi connectivity index (χ1n) is 5.64. The summed E-state index contributed by atoms with van der Waals surface area (Å²) in [5.41, 5.74) is 0.336. The molecule has 2 aromatic rings. The van der Waals surface area contributed by atoms with E-state index in [1.54, 1.807) is 18.4 Å². The van der Waals surface area contributed by atoms with E-state index < -0.39 is 5.82 Å². The van der Waals surface area contributed by atoms with E-state index in [1.165, 1.54) is 11.3 Å². The third-order valence-electron chi connectivity index (χ3n) is 2.35. The number of nitrogens with one attached hydrogen (secondary N) is 1. The van der Waals surface area contributed by atoms with Crippen LogP contribution in [0.5, 0.6) is 0 Å². The number of aromatic nitrogens is 2. The first-order chi connectivity index (χ1) is 8.61. The van der Waals surface area contributed by atoms with E-state index >= 15 is 0 Å². The number of thiophene rings is 1. The highest BCUT2D eigenvalue weighted by atomic mass is 35.5. The van der Waals surface area contributed by atoms with Gasteiger partial charge in [-0.1, -0.05) is 18.5 Å². The van der Waals surface area contributed by atoms with Crippen molar-refractivity contribution < 1.29 is 4.39 Å². The lowest BCUT2D eigenvalue weighted by Gasteiger charge is -2.08. The third kappa shape index (κ3) is 2.79. The van der Waals surface area contributed by atoms with Gasteiger partial charge >= 0.3 is 0 Å². The Balaban J connectivity index is 2.40. The molecule has 0 spiro atoms. The van der Waals surface area contributed by atoms with Crippen molar-refractivity contribution >= 4 is 28.8 Å². The van der Waals surface area contributed by atoms with Gasteiger partial charge < -0.3 is 5.32 Å². The summed E-state index contributed by atoms with van der Waals surface area (Å²) in [7, 11) is 0. The Hall–Kier alpha value is -1.20. The van der Waals surface area contributed by atoms with Gasteiger partial charge in [0.2, 0.25) is 0 Å². The minimum atomic E-state index is -0.394. The fraction of sp³-hybridized carbons (Fsp3) is 0.333. The van der Waals surface area contributed by atoms with Crippen molar-refractivity contribution in [2.24, 2.45) is 0 Å². The number of halogens is 2. The maximum atomic E-state index is 13.8. The second-order valence-electron chi connectivity index (χ2n) is 3.85. The Morgan fingerprint density at radius 1 is 1.44 bits per heavy atom. The van der Waals surface area contributed by atoms with Gasteiger partial charge in [-0.2, -0.15) is 0 Å². The monoisotopic (exact) mass is 285 g/mol. The topological polar surface area (TPSA) is 37.8 Å². The van der Waals surface area contributed by atoms with Gasteiger partial charge in [0, 0.05) is 11.9 Å². The van der Waals surface area contributed by atoms with E-state index in [9.17, 15) is 4.39 Å². The van der Waals surface area contributed by atoms with Gasteiger partial charge in [0.05, 0.1) is 15.6 Å². The van der Waals surface area contributed by atoms with E-state index in [1.807, 2.05) is 6.92 Å². The third-order valence-corrected chi connectivity index (χ3v) is 3.62. The van der Waals surface area contributed by atoms with Crippen LogP contribution in [0.4, 0.5) is 10.2 Å². The Bertz CT molecular complexity index is 556. The van der Waals surface area contributed by atoms with Gasteiger partial charge in [-0.3, -0.25) is 0 Å². The fourth-order valence-corrected chi connectivity index (χ4v) is 2.47. The van der Waals surface area contributed by atoms with Gasteiger partial charge in [0.25, 0.3) is 0 Å². The highest BCUT2D eigenvalue weighted by molar-refractivity contribution is 7.14. The first kappa shape index (κ1) is 13.2. The van der Waals surface area contributed by atoms with Crippen LogP contribution in [0, 0.1) is 12.7 Å². The summed E-state index contributed by atoms with van der Waals surface area (Å²) in [5.74, 6) is 0.364. The van der Waals surface area contributed by atoms with Crippen LogP contribution in [-0.2, 0) is 0 Å². The van der Waals surface area contributed by atoms with Crippen LogP contribution in [0.3, 0.4) is 0 Å². The van der Waals surface area contributed by atoms with Gasteiger partial charge in [-0.05, 0) is 19.4 Å². The molecule has 0 saturated carbocycles.